The van der Waals surface area contributed by atoms with Crippen LogP contribution in [0.4, 0.5) is 5.82 Å². The Morgan fingerprint density at radius 2 is 2.08 bits per heavy atom. The number of piperidine rings is 1. The average molecular weight is 534 g/mol. The van der Waals surface area contributed by atoms with Crippen molar-refractivity contribution >= 4 is 34.9 Å². The van der Waals surface area contributed by atoms with Crippen LogP contribution in [-0.4, -0.2) is 61.0 Å². The molecular formula is C26H28ClN9O2. The fourth-order valence-corrected chi connectivity index (χ4v) is 4.89. The first-order chi connectivity index (χ1) is 18.3. The van der Waals surface area contributed by atoms with E-state index in [-0.39, 0.29) is 23.1 Å². The molecule has 1 saturated carbocycles. The Morgan fingerprint density at radius 3 is 2.74 bits per heavy atom. The van der Waals surface area contributed by atoms with Crippen molar-refractivity contribution in [2.24, 2.45) is 17.0 Å². The SMILES string of the molecule is C=CC(=O)N1CC(N(N)/C=C(\N)c2ccc(NC(=O)c3cccc(-c4[nH]ncc4Cl)n3)nc2)CC2(CC2)C1. The first-order valence-electron chi connectivity index (χ1n) is 12.1. The van der Waals surface area contributed by atoms with Crippen molar-refractivity contribution < 1.29 is 9.59 Å². The number of pyridine rings is 2. The Balaban J connectivity index is 1.24. The number of hydrogen-bond acceptors (Lipinski definition) is 8. The molecule has 2 amide bonds. The molecule has 12 heteroatoms. The molecular weight excluding hydrogens is 506 g/mol. The van der Waals surface area contributed by atoms with Gasteiger partial charge in [-0.3, -0.25) is 14.7 Å². The van der Waals surface area contributed by atoms with Gasteiger partial charge >= 0.3 is 0 Å². The van der Waals surface area contributed by atoms with Crippen molar-refractivity contribution in [2.45, 2.75) is 25.3 Å². The van der Waals surface area contributed by atoms with Gasteiger partial charge in [-0.1, -0.05) is 24.2 Å². The Kier molecular flexibility index (Phi) is 6.87. The van der Waals surface area contributed by atoms with E-state index in [1.807, 2.05) is 4.90 Å². The maximum atomic E-state index is 12.7. The summed E-state index contributed by atoms with van der Waals surface area (Å²) in [6.07, 6.45) is 9.11. The fraction of sp³-hybridized carbons (Fsp3) is 0.269. The Hall–Kier alpha value is -4.22. The molecule has 3 aromatic heterocycles. The number of hydrazine groups is 1. The zero-order chi connectivity index (χ0) is 26.9. The third kappa shape index (κ3) is 5.38. The van der Waals surface area contributed by atoms with Crippen LogP contribution < -0.4 is 16.9 Å². The zero-order valence-electron chi connectivity index (χ0n) is 20.6. The van der Waals surface area contributed by atoms with Gasteiger partial charge in [-0.25, -0.2) is 15.8 Å². The van der Waals surface area contributed by atoms with Crippen molar-refractivity contribution in [1.82, 2.24) is 30.1 Å². The molecule has 3 aromatic rings. The number of aromatic amines is 1. The number of hydrogen-bond donors (Lipinski definition) is 4. The Morgan fingerprint density at radius 1 is 1.26 bits per heavy atom. The summed E-state index contributed by atoms with van der Waals surface area (Å²) in [5, 5.41) is 11.4. The number of H-pyrrole nitrogens is 1. The predicted octanol–water partition coefficient (Wildman–Crippen LogP) is 2.77. The molecule has 2 fully saturated rings. The Bertz CT molecular complexity index is 1400. The molecule has 1 spiro atoms. The number of rotatable bonds is 7. The molecule has 5 rings (SSSR count). The largest absolute Gasteiger partial charge is 0.397 e. The lowest BCUT2D eigenvalue weighted by atomic mass is 9.91. The van der Waals surface area contributed by atoms with Gasteiger partial charge in [0.15, 0.2) is 0 Å². The van der Waals surface area contributed by atoms with Crippen molar-refractivity contribution in [1.29, 1.82) is 0 Å². The highest BCUT2D eigenvalue weighted by Gasteiger charge is 2.50. The van der Waals surface area contributed by atoms with Gasteiger partial charge in [-0.2, -0.15) is 5.10 Å². The topological polar surface area (TPSA) is 159 Å². The zero-order valence-corrected chi connectivity index (χ0v) is 21.4. The maximum absolute atomic E-state index is 12.7. The lowest BCUT2D eigenvalue weighted by molar-refractivity contribution is -0.129. The summed E-state index contributed by atoms with van der Waals surface area (Å²) in [6, 6.07) is 8.36. The fourth-order valence-electron chi connectivity index (χ4n) is 4.70. The van der Waals surface area contributed by atoms with Crippen LogP contribution in [0.1, 0.15) is 35.3 Å². The summed E-state index contributed by atoms with van der Waals surface area (Å²) in [5.41, 5.74) is 8.73. The number of halogens is 1. The predicted molar refractivity (Wildman–Crippen MR) is 144 cm³/mol. The number of nitrogens with zero attached hydrogens (tertiary/aromatic N) is 5. The molecule has 1 saturated heterocycles. The number of nitrogens with two attached hydrogens (primary N) is 2. The molecule has 38 heavy (non-hydrogen) atoms. The van der Waals surface area contributed by atoms with Crippen LogP contribution >= 0.6 is 11.6 Å². The van der Waals surface area contributed by atoms with Gasteiger partial charge in [-0.15, -0.1) is 0 Å². The van der Waals surface area contributed by atoms with Gasteiger partial charge in [0, 0.05) is 31.0 Å². The minimum absolute atomic E-state index is 0.0554. The van der Waals surface area contributed by atoms with Gasteiger partial charge in [0.2, 0.25) is 5.91 Å². The van der Waals surface area contributed by atoms with Crippen molar-refractivity contribution in [3.63, 3.8) is 0 Å². The van der Waals surface area contributed by atoms with E-state index in [1.54, 1.807) is 47.7 Å². The molecule has 0 aromatic carbocycles. The lowest BCUT2D eigenvalue weighted by Crippen LogP contribution is -2.53. The van der Waals surface area contributed by atoms with E-state index < -0.39 is 5.91 Å². The van der Waals surface area contributed by atoms with E-state index >= 15 is 0 Å². The van der Waals surface area contributed by atoms with Crippen LogP contribution in [0, 0.1) is 5.41 Å². The molecule has 4 heterocycles. The monoisotopic (exact) mass is 533 g/mol. The summed E-state index contributed by atoms with van der Waals surface area (Å²) in [7, 11) is 0. The molecule has 2 aliphatic rings. The molecule has 11 nitrogen and oxygen atoms in total. The quantitative estimate of drug-likeness (QED) is 0.205. The minimum Gasteiger partial charge on any atom is -0.397 e. The van der Waals surface area contributed by atoms with Crippen LogP contribution in [0.5, 0.6) is 0 Å². The van der Waals surface area contributed by atoms with Crippen LogP contribution in [0.25, 0.3) is 17.1 Å². The third-order valence-electron chi connectivity index (χ3n) is 6.95. The first-order valence-corrected chi connectivity index (χ1v) is 12.5. The molecule has 0 radical (unpaired) electrons. The van der Waals surface area contributed by atoms with E-state index in [9.17, 15) is 9.59 Å². The highest BCUT2D eigenvalue weighted by molar-refractivity contribution is 6.32. The van der Waals surface area contributed by atoms with E-state index in [1.165, 1.54) is 12.3 Å². The van der Waals surface area contributed by atoms with Crippen LogP contribution in [-0.2, 0) is 4.79 Å². The van der Waals surface area contributed by atoms with Crippen molar-refractivity contribution in [3.8, 4) is 11.4 Å². The summed E-state index contributed by atoms with van der Waals surface area (Å²) in [5.74, 6) is 6.20. The molecule has 1 atom stereocenters. The molecule has 196 valence electrons. The minimum atomic E-state index is -0.427. The third-order valence-corrected chi connectivity index (χ3v) is 7.24. The van der Waals surface area contributed by atoms with Gasteiger partial charge in [0.05, 0.1) is 28.7 Å². The summed E-state index contributed by atoms with van der Waals surface area (Å²) >= 11 is 6.10. The smallest absolute Gasteiger partial charge is 0.275 e. The number of nitrogens with one attached hydrogen (secondary N) is 2. The highest BCUT2D eigenvalue weighted by atomic mass is 35.5. The molecule has 1 aliphatic carbocycles. The second kappa shape index (κ2) is 10.3. The number of anilines is 1. The molecule has 0 bridgehead atoms. The number of carbonyl (C=O) groups is 2. The summed E-state index contributed by atoms with van der Waals surface area (Å²) in [4.78, 5) is 35.5. The summed E-state index contributed by atoms with van der Waals surface area (Å²) in [6.45, 7) is 4.87. The van der Waals surface area contributed by atoms with Gasteiger partial charge in [0.1, 0.15) is 17.2 Å². The second-order valence-corrected chi connectivity index (χ2v) is 10.1. The normalized spacial score (nSPS) is 18.2. The maximum Gasteiger partial charge on any atom is 0.275 e. The van der Waals surface area contributed by atoms with Crippen LogP contribution in [0.15, 0.2) is 61.6 Å². The van der Waals surface area contributed by atoms with E-state index in [2.05, 4.69) is 32.1 Å². The number of amides is 2. The lowest BCUT2D eigenvalue weighted by Gasteiger charge is -2.41. The molecule has 6 N–H and O–H groups in total. The average Bonchev–Trinajstić information content (AvgIpc) is 3.52. The second-order valence-electron chi connectivity index (χ2n) is 9.70. The van der Waals surface area contributed by atoms with E-state index in [4.69, 9.17) is 23.2 Å². The molecule has 1 aliphatic heterocycles. The van der Waals surface area contributed by atoms with Crippen molar-refractivity contribution in [2.75, 3.05) is 18.4 Å². The molecule has 1 unspecified atom stereocenters. The van der Waals surface area contributed by atoms with Crippen LogP contribution in [0.2, 0.25) is 5.02 Å². The van der Waals surface area contributed by atoms with Crippen LogP contribution in [0.3, 0.4) is 0 Å². The standard InChI is InChI=1S/C26H28ClN9O2/c1-2-23(37)35-13-17(10-26(15-35)8-9-26)36(29)14-19(28)16-6-7-22(30-11-16)33-25(38)21-5-3-4-20(32-21)24-18(27)12-31-34-24/h2-7,11-12,14,17H,1,8-10,13,15,28-29H2,(H,31,34)(H,30,33,38)/b19-14-. The highest BCUT2D eigenvalue weighted by Crippen LogP contribution is 2.52. The van der Waals surface area contributed by atoms with Gasteiger partial charge in [-0.05, 0) is 55.0 Å². The van der Waals surface area contributed by atoms with Gasteiger partial charge in [0.25, 0.3) is 5.91 Å². The Labute approximate surface area is 224 Å². The van der Waals surface area contributed by atoms with Crippen molar-refractivity contribution in [3.05, 3.63) is 77.9 Å². The van der Waals surface area contributed by atoms with E-state index in [0.717, 1.165) is 25.8 Å². The first kappa shape index (κ1) is 25.4. The number of carbonyl (C=O) groups excluding carboxylic acids is 2. The van der Waals surface area contributed by atoms with E-state index in [0.29, 0.717) is 40.0 Å². The summed E-state index contributed by atoms with van der Waals surface area (Å²) < 4.78 is 0. The van der Waals surface area contributed by atoms with Gasteiger partial charge < -0.3 is 21.0 Å². The number of aromatic nitrogens is 4. The number of likely N-dealkylation sites (tertiary alicyclic amines) is 1.